The Morgan fingerprint density at radius 3 is 2.43 bits per heavy atom. The summed E-state index contributed by atoms with van der Waals surface area (Å²) in [5.41, 5.74) is -0.205. The van der Waals surface area contributed by atoms with E-state index in [1.54, 1.807) is 6.20 Å². The van der Waals surface area contributed by atoms with Crippen LogP contribution in [0.4, 0.5) is 5.82 Å². The summed E-state index contributed by atoms with van der Waals surface area (Å²) in [6, 6.07) is 7.73. The lowest BCUT2D eigenvalue weighted by atomic mass is 9.34. The third-order valence-corrected chi connectivity index (χ3v) is 13.8. The molecule has 1 N–H and O–H groups in total. The zero-order valence-electron chi connectivity index (χ0n) is 27.7. The second-order valence-corrected chi connectivity index (χ2v) is 16.9. The third kappa shape index (κ3) is 4.31. The summed E-state index contributed by atoms with van der Waals surface area (Å²) >= 11 is 0. The number of hydrogen-bond donors (Lipinski definition) is 1. The number of carbonyl (C=O) groups excluding carboxylic acids is 3. The number of nitrogens with one attached hydrogen (secondary N) is 1. The molecule has 6 rings (SSSR count). The zero-order valence-corrected chi connectivity index (χ0v) is 27.7. The molecule has 3 saturated carbocycles. The molecule has 0 radical (unpaired) electrons. The highest BCUT2D eigenvalue weighted by atomic mass is 16.2. The SMILES string of the molecule is CC1(C)CC[C@]2(CCC(=O)Nc3ccccn3)CC[C@]3(C)C(C(=O)C=C4[C@@]5(C)C=C(C#N)C(=O)C(C)(C)C5CC[C@]43C)C2C1. The molecule has 7 atom stereocenters. The number of carbonyl (C=O) groups is 3. The van der Waals surface area contributed by atoms with Crippen LogP contribution < -0.4 is 5.32 Å². The van der Waals surface area contributed by atoms with Gasteiger partial charge in [0, 0.05) is 29.4 Å². The number of ketones is 2. The van der Waals surface area contributed by atoms with Gasteiger partial charge < -0.3 is 5.32 Å². The summed E-state index contributed by atoms with van der Waals surface area (Å²) in [6.45, 7) is 15.6. The number of aromatic nitrogens is 1. The minimum atomic E-state index is -0.664. The summed E-state index contributed by atoms with van der Waals surface area (Å²) in [6.07, 6.45) is 13.7. The average molecular weight is 596 g/mol. The predicted octanol–water partition coefficient (Wildman–Crippen LogP) is 8.02. The van der Waals surface area contributed by atoms with Gasteiger partial charge >= 0.3 is 0 Å². The number of allylic oxidation sites excluding steroid dienone is 4. The smallest absolute Gasteiger partial charge is 0.225 e. The molecule has 1 aromatic heterocycles. The maximum Gasteiger partial charge on any atom is 0.225 e. The summed E-state index contributed by atoms with van der Waals surface area (Å²) in [7, 11) is 0. The molecule has 5 aliphatic carbocycles. The molecule has 0 aliphatic heterocycles. The van der Waals surface area contributed by atoms with E-state index in [2.05, 4.69) is 51.0 Å². The number of fused-ring (bicyclic) bond motifs is 7. The molecular formula is C38H49N3O3. The van der Waals surface area contributed by atoms with Crippen LogP contribution in [0.15, 0.2) is 47.7 Å². The van der Waals surface area contributed by atoms with E-state index < -0.39 is 10.8 Å². The standard InChI is InChI=1S/C38H49N3O3/c1-33(2)15-17-38(14-12-30(43)41-29-10-8-9-19-40-29)18-16-37(7)31(25(38)22-33)26(42)20-28-35(5)21-24(23-39)32(44)34(3,4)27(35)11-13-36(28,37)6/h8-10,19-21,25,27,31H,11-18,22H2,1-7H3,(H,40,41,43)/t25?,27?,31?,35-,36+,37+,38+/m0/s1. The van der Waals surface area contributed by atoms with E-state index in [4.69, 9.17) is 0 Å². The lowest BCUT2D eigenvalue weighted by Crippen LogP contribution is -2.64. The van der Waals surface area contributed by atoms with E-state index in [1.807, 2.05) is 44.2 Å². The second-order valence-electron chi connectivity index (χ2n) is 16.9. The van der Waals surface area contributed by atoms with Crippen molar-refractivity contribution in [1.82, 2.24) is 4.98 Å². The summed E-state index contributed by atoms with van der Waals surface area (Å²) in [4.78, 5) is 45.4. The molecule has 5 aliphatic rings. The molecule has 3 unspecified atom stereocenters. The van der Waals surface area contributed by atoms with Gasteiger partial charge in [-0.3, -0.25) is 14.4 Å². The third-order valence-electron chi connectivity index (χ3n) is 13.8. The Kier molecular flexibility index (Phi) is 7.01. The van der Waals surface area contributed by atoms with Crippen LogP contribution in [0.5, 0.6) is 0 Å². The highest BCUT2D eigenvalue weighted by Gasteiger charge is 2.69. The molecule has 44 heavy (non-hydrogen) atoms. The van der Waals surface area contributed by atoms with Gasteiger partial charge in [0.2, 0.25) is 5.91 Å². The van der Waals surface area contributed by atoms with E-state index in [0.717, 1.165) is 56.9 Å². The van der Waals surface area contributed by atoms with Crippen molar-refractivity contribution in [3.05, 3.63) is 47.7 Å². The minimum absolute atomic E-state index is 0.0140. The number of rotatable bonds is 4. The van der Waals surface area contributed by atoms with Crippen LogP contribution >= 0.6 is 0 Å². The van der Waals surface area contributed by atoms with Gasteiger partial charge in [-0.2, -0.15) is 5.26 Å². The largest absolute Gasteiger partial charge is 0.311 e. The maximum absolute atomic E-state index is 14.7. The molecular weight excluding hydrogens is 546 g/mol. The van der Waals surface area contributed by atoms with E-state index in [-0.39, 0.29) is 62.5 Å². The van der Waals surface area contributed by atoms with Crippen molar-refractivity contribution in [2.45, 2.75) is 106 Å². The number of nitrogens with zero attached hydrogens (tertiary/aromatic N) is 2. The molecule has 6 heteroatoms. The van der Waals surface area contributed by atoms with Crippen molar-refractivity contribution in [2.24, 2.45) is 50.2 Å². The number of hydrogen-bond acceptors (Lipinski definition) is 5. The van der Waals surface area contributed by atoms with Crippen LogP contribution in [0.3, 0.4) is 0 Å². The quantitative estimate of drug-likeness (QED) is 0.380. The van der Waals surface area contributed by atoms with Crippen LogP contribution in [-0.2, 0) is 14.4 Å². The Morgan fingerprint density at radius 1 is 1.02 bits per heavy atom. The first kappa shape index (κ1) is 30.9. The van der Waals surface area contributed by atoms with Gasteiger partial charge in [-0.25, -0.2) is 4.98 Å². The number of pyridine rings is 1. The number of amides is 1. The number of nitriles is 1. The summed E-state index contributed by atoms with van der Waals surface area (Å²) < 4.78 is 0. The van der Waals surface area contributed by atoms with E-state index in [1.165, 1.54) is 0 Å². The van der Waals surface area contributed by atoms with Gasteiger partial charge in [0.05, 0.1) is 5.57 Å². The van der Waals surface area contributed by atoms with Crippen molar-refractivity contribution in [2.75, 3.05) is 5.32 Å². The molecule has 6 nitrogen and oxygen atoms in total. The maximum atomic E-state index is 14.7. The molecule has 0 aromatic carbocycles. The van der Waals surface area contributed by atoms with Gasteiger partial charge in [0.25, 0.3) is 0 Å². The number of Topliss-reactive ketones (excluding diaryl/α,β-unsaturated/α-hetero) is 1. The van der Waals surface area contributed by atoms with Crippen molar-refractivity contribution in [3.8, 4) is 6.07 Å². The van der Waals surface area contributed by atoms with E-state index >= 15 is 0 Å². The second kappa shape index (κ2) is 9.96. The fourth-order valence-corrected chi connectivity index (χ4v) is 11.2. The van der Waals surface area contributed by atoms with Gasteiger partial charge in [0.1, 0.15) is 11.9 Å². The van der Waals surface area contributed by atoms with Crippen molar-refractivity contribution in [3.63, 3.8) is 0 Å². The minimum Gasteiger partial charge on any atom is -0.311 e. The van der Waals surface area contributed by atoms with E-state index in [0.29, 0.717) is 12.2 Å². The van der Waals surface area contributed by atoms with Gasteiger partial charge in [-0.15, -0.1) is 0 Å². The fraction of sp³-hybridized carbons (Fsp3) is 0.658. The fourth-order valence-electron chi connectivity index (χ4n) is 11.2. The Bertz CT molecular complexity index is 1510. The molecule has 1 heterocycles. The molecule has 0 bridgehead atoms. The van der Waals surface area contributed by atoms with Crippen LogP contribution in [0, 0.1) is 61.6 Å². The van der Waals surface area contributed by atoms with E-state index in [9.17, 15) is 19.6 Å². The van der Waals surface area contributed by atoms with Crippen LogP contribution in [0.25, 0.3) is 0 Å². The van der Waals surface area contributed by atoms with Crippen LogP contribution in [0.1, 0.15) is 106 Å². The molecule has 3 fully saturated rings. The molecule has 0 saturated heterocycles. The molecule has 234 valence electrons. The first-order chi connectivity index (χ1) is 20.5. The Hall–Kier alpha value is -3.07. The highest BCUT2D eigenvalue weighted by molar-refractivity contribution is 6.04. The van der Waals surface area contributed by atoms with Gasteiger partial charge in [0.15, 0.2) is 11.6 Å². The van der Waals surface area contributed by atoms with Crippen molar-refractivity contribution in [1.29, 1.82) is 5.26 Å². The first-order valence-corrected chi connectivity index (χ1v) is 16.7. The van der Waals surface area contributed by atoms with Crippen molar-refractivity contribution < 1.29 is 14.4 Å². The number of anilines is 1. The molecule has 1 aromatic rings. The Morgan fingerprint density at radius 2 is 1.75 bits per heavy atom. The highest BCUT2D eigenvalue weighted by Crippen LogP contribution is 2.75. The monoisotopic (exact) mass is 595 g/mol. The van der Waals surface area contributed by atoms with Gasteiger partial charge in [-0.05, 0) is 103 Å². The topological polar surface area (TPSA) is 99.9 Å². The average Bonchev–Trinajstić information content (AvgIpc) is 2.96. The lowest BCUT2D eigenvalue weighted by Gasteiger charge is -2.69. The lowest BCUT2D eigenvalue weighted by molar-refractivity contribution is -0.172. The molecule has 0 spiro atoms. The summed E-state index contributed by atoms with van der Waals surface area (Å²) in [5, 5.41) is 12.9. The van der Waals surface area contributed by atoms with Gasteiger partial charge in [-0.1, -0.05) is 66.2 Å². The Balaban J connectivity index is 1.39. The van der Waals surface area contributed by atoms with Crippen LogP contribution in [0.2, 0.25) is 0 Å². The normalized spacial score (nSPS) is 40.2. The summed E-state index contributed by atoms with van der Waals surface area (Å²) in [5.74, 6) is 0.841. The first-order valence-electron chi connectivity index (χ1n) is 16.7. The van der Waals surface area contributed by atoms with Crippen molar-refractivity contribution >= 4 is 23.3 Å². The predicted molar refractivity (Wildman–Crippen MR) is 171 cm³/mol. The Labute approximate surface area is 263 Å². The molecule has 1 amide bonds. The van der Waals surface area contributed by atoms with Crippen LogP contribution in [-0.4, -0.2) is 22.5 Å². The zero-order chi connectivity index (χ0) is 31.9.